The molecule has 6 rings (SSSR count). The van der Waals surface area contributed by atoms with Crippen LogP contribution >= 0.6 is 0 Å². The van der Waals surface area contributed by atoms with Gasteiger partial charge >= 0.3 is 0 Å². The third-order valence-electron chi connectivity index (χ3n) is 7.45. The van der Waals surface area contributed by atoms with Gasteiger partial charge in [0.05, 0.1) is 5.41 Å². The van der Waals surface area contributed by atoms with Gasteiger partial charge in [0.1, 0.15) is 0 Å². The highest BCUT2D eigenvalue weighted by atomic mass is 14.6. The van der Waals surface area contributed by atoms with Crippen molar-refractivity contribution in [3.8, 4) is 0 Å². The van der Waals surface area contributed by atoms with Gasteiger partial charge < -0.3 is 5.73 Å². The van der Waals surface area contributed by atoms with Crippen molar-refractivity contribution in [2.24, 2.45) is 5.92 Å². The van der Waals surface area contributed by atoms with E-state index in [2.05, 4.69) is 127 Å². The summed E-state index contributed by atoms with van der Waals surface area (Å²) >= 11 is 0. The van der Waals surface area contributed by atoms with Crippen molar-refractivity contribution in [1.29, 1.82) is 0 Å². The average Bonchev–Trinajstić information content (AvgIpc) is 3.19. The first-order valence-corrected chi connectivity index (χ1v) is 11.7. The van der Waals surface area contributed by atoms with Crippen molar-refractivity contribution in [3.05, 3.63) is 161 Å². The smallest absolute Gasteiger partial charge is 0.0546 e. The number of anilines is 1. The average molecular weight is 426 g/mol. The number of fused-ring (bicyclic) bond motifs is 3. The summed E-state index contributed by atoms with van der Waals surface area (Å²) < 4.78 is 0. The molecule has 0 amide bonds. The van der Waals surface area contributed by atoms with Crippen LogP contribution in [0.4, 0.5) is 5.69 Å². The molecular weight excluding hydrogens is 398 g/mol. The molecule has 0 aromatic heterocycles. The van der Waals surface area contributed by atoms with Gasteiger partial charge in [0.25, 0.3) is 0 Å². The Kier molecular flexibility index (Phi) is 4.77. The van der Waals surface area contributed by atoms with Crippen LogP contribution in [-0.4, -0.2) is 0 Å². The van der Waals surface area contributed by atoms with Gasteiger partial charge in [-0.05, 0) is 40.3 Å². The minimum Gasteiger partial charge on any atom is -0.398 e. The van der Waals surface area contributed by atoms with Crippen LogP contribution in [0.1, 0.15) is 33.7 Å². The van der Waals surface area contributed by atoms with E-state index in [0.29, 0.717) is 0 Å². The Bertz CT molecular complexity index is 1290. The maximum atomic E-state index is 6.83. The second kappa shape index (κ2) is 7.94. The molecule has 0 bridgehead atoms. The monoisotopic (exact) mass is 425 g/mol. The van der Waals surface area contributed by atoms with Crippen LogP contribution in [0.25, 0.3) is 0 Å². The van der Waals surface area contributed by atoms with Crippen LogP contribution in [0.3, 0.4) is 0 Å². The molecule has 0 heterocycles. The molecule has 4 aromatic carbocycles. The standard InChI is InChI=1S/C32H27N/c33-29-21-11-19-27-30-24(22-23-12-4-1-5-13-23)14-10-20-28(30)32(31(27)29,25-15-6-2-7-16-25)26-17-8-3-9-18-26/h1-21,28,30H,22,33H2. The topological polar surface area (TPSA) is 26.0 Å². The molecule has 33 heavy (non-hydrogen) atoms. The van der Waals surface area contributed by atoms with Crippen molar-refractivity contribution in [3.63, 3.8) is 0 Å². The van der Waals surface area contributed by atoms with Gasteiger partial charge in [0.15, 0.2) is 0 Å². The normalized spacial score (nSPS) is 20.1. The molecule has 0 saturated carbocycles. The zero-order valence-electron chi connectivity index (χ0n) is 18.6. The van der Waals surface area contributed by atoms with Crippen molar-refractivity contribution >= 4 is 5.69 Å². The SMILES string of the molecule is Nc1cccc2c1C(c1ccccc1)(c1ccccc1)C1C=CC=C(Cc3ccccc3)C21. The molecule has 2 N–H and O–H groups in total. The minimum atomic E-state index is -0.333. The van der Waals surface area contributed by atoms with E-state index >= 15 is 0 Å². The summed E-state index contributed by atoms with van der Waals surface area (Å²) in [7, 11) is 0. The Balaban J connectivity index is 1.63. The fraction of sp³-hybridized carbons (Fsp3) is 0.125. The van der Waals surface area contributed by atoms with Gasteiger partial charge in [-0.2, -0.15) is 0 Å². The number of hydrogen-bond donors (Lipinski definition) is 1. The summed E-state index contributed by atoms with van der Waals surface area (Å²) in [6.45, 7) is 0. The molecule has 2 aliphatic carbocycles. The molecule has 0 saturated heterocycles. The number of allylic oxidation sites excluding steroid dienone is 4. The lowest BCUT2D eigenvalue weighted by atomic mass is 9.62. The van der Waals surface area contributed by atoms with Gasteiger partial charge in [0, 0.05) is 17.5 Å². The zero-order valence-corrected chi connectivity index (χ0v) is 18.6. The summed E-state index contributed by atoms with van der Waals surface area (Å²) in [4.78, 5) is 0. The van der Waals surface area contributed by atoms with Crippen LogP contribution in [-0.2, 0) is 11.8 Å². The van der Waals surface area contributed by atoms with Crippen molar-refractivity contribution < 1.29 is 0 Å². The molecule has 2 aliphatic rings. The first kappa shape index (κ1) is 19.8. The van der Waals surface area contributed by atoms with E-state index in [4.69, 9.17) is 5.73 Å². The molecule has 2 atom stereocenters. The van der Waals surface area contributed by atoms with E-state index in [1.54, 1.807) is 0 Å². The van der Waals surface area contributed by atoms with Gasteiger partial charge in [0.2, 0.25) is 0 Å². The van der Waals surface area contributed by atoms with Crippen LogP contribution < -0.4 is 5.73 Å². The second-order valence-electron chi connectivity index (χ2n) is 9.14. The molecule has 1 heteroatoms. The van der Waals surface area contributed by atoms with Gasteiger partial charge in [-0.3, -0.25) is 0 Å². The number of benzene rings is 4. The Hall–Kier alpha value is -3.84. The van der Waals surface area contributed by atoms with Gasteiger partial charge in [-0.25, -0.2) is 0 Å². The fourth-order valence-electron chi connectivity index (χ4n) is 6.24. The lowest BCUT2D eigenvalue weighted by Crippen LogP contribution is -2.36. The first-order chi connectivity index (χ1) is 16.3. The van der Waals surface area contributed by atoms with Gasteiger partial charge in [-0.15, -0.1) is 0 Å². The first-order valence-electron chi connectivity index (χ1n) is 11.7. The summed E-state index contributed by atoms with van der Waals surface area (Å²) in [5.74, 6) is 0.542. The predicted molar refractivity (Wildman–Crippen MR) is 137 cm³/mol. The molecule has 0 spiro atoms. The van der Waals surface area contributed by atoms with Crippen LogP contribution in [0.15, 0.2) is 133 Å². The van der Waals surface area contributed by atoms with E-state index in [-0.39, 0.29) is 17.3 Å². The Morgan fingerprint density at radius 2 is 1.27 bits per heavy atom. The summed E-state index contributed by atoms with van der Waals surface area (Å²) in [6, 6.07) is 39.2. The van der Waals surface area contributed by atoms with E-state index in [9.17, 15) is 0 Å². The Morgan fingerprint density at radius 3 is 1.91 bits per heavy atom. The number of rotatable bonds is 4. The zero-order chi connectivity index (χ0) is 22.3. The summed E-state index contributed by atoms with van der Waals surface area (Å²) in [5.41, 5.74) is 15.4. The van der Waals surface area contributed by atoms with E-state index in [1.807, 2.05) is 0 Å². The molecule has 0 fully saturated rings. The Labute approximate surface area is 195 Å². The van der Waals surface area contributed by atoms with Crippen LogP contribution in [0.2, 0.25) is 0 Å². The highest BCUT2D eigenvalue weighted by Gasteiger charge is 2.55. The quantitative estimate of drug-likeness (QED) is 0.348. The lowest BCUT2D eigenvalue weighted by molar-refractivity contribution is 0.443. The van der Waals surface area contributed by atoms with Gasteiger partial charge in [-0.1, -0.05) is 127 Å². The summed E-state index contributed by atoms with van der Waals surface area (Å²) in [5, 5.41) is 0. The molecule has 0 aliphatic heterocycles. The van der Waals surface area contributed by atoms with E-state index in [1.165, 1.54) is 33.4 Å². The number of nitrogens with two attached hydrogens (primary N) is 1. The molecule has 2 unspecified atom stereocenters. The Morgan fingerprint density at radius 1 is 0.667 bits per heavy atom. The maximum Gasteiger partial charge on any atom is 0.0546 e. The third kappa shape index (κ3) is 3.00. The van der Waals surface area contributed by atoms with Crippen molar-refractivity contribution in [1.82, 2.24) is 0 Å². The maximum absolute atomic E-state index is 6.83. The molecular formula is C32H27N. The predicted octanol–water partition coefficient (Wildman–Crippen LogP) is 7.06. The lowest BCUT2D eigenvalue weighted by Gasteiger charge is -2.40. The van der Waals surface area contributed by atoms with Crippen molar-refractivity contribution in [2.45, 2.75) is 17.8 Å². The van der Waals surface area contributed by atoms with E-state index < -0.39 is 0 Å². The molecule has 4 aromatic rings. The second-order valence-corrected chi connectivity index (χ2v) is 9.14. The van der Waals surface area contributed by atoms with E-state index in [0.717, 1.165) is 12.1 Å². The van der Waals surface area contributed by atoms with Crippen molar-refractivity contribution in [2.75, 3.05) is 5.73 Å². The number of hydrogen-bond acceptors (Lipinski definition) is 1. The fourth-order valence-corrected chi connectivity index (χ4v) is 6.24. The molecule has 0 radical (unpaired) electrons. The highest BCUT2D eigenvalue weighted by molar-refractivity contribution is 5.71. The largest absolute Gasteiger partial charge is 0.398 e. The van der Waals surface area contributed by atoms with Crippen LogP contribution in [0, 0.1) is 5.92 Å². The third-order valence-corrected chi connectivity index (χ3v) is 7.45. The molecule has 160 valence electrons. The van der Waals surface area contributed by atoms with Crippen LogP contribution in [0.5, 0.6) is 0 Å². The summed E-state index contributed by atoms with van der Waals surface area (Å²) in [6.07, 6.45) is 7.95. The minimum absolute atomic E-state index is 0.255. The molecule has 1 nitrogen and oxygen atoms in total. The highest BCUT2D eigenvalue weighted by Crippen LogP contribution is 2.62. The number of nitrogen functional groups attached to an aromatic ring is 1.